The maximum absolute atomic E-state index is 14.2. The lowest BCUT2D eigenvalue weighted by Gasteiger charge is -2.29. The van der Waals surface area contributed by atoms with Gasteiger partial charge < -0.3 is 14.8 Å². The highest BCUT2D eigenvalue weighted by molar-refractivity contribution is 7.11. The van der Waals surface area contributed by atoms with E-state index in [2.05, 4.69) is 22.2 Å². The van der Waals surface area contributed by atoms with Crippen LogP contribution in [0.3, 0.4) is 0 Å². The number of halogens is 2. The number of hydrogen-bond acceptors (Lipinski definition) is 7. The molecular formula is C20H19ClFN3O3S. The molecule has 0 radical (unpaired) electrons. The molecule has 0 saturated carbocycles. The van der Waals surface area contributed by atoms with Crippen LogP contribution in [0.5, 0.6) is 0 Å². The predicted octanol–water partition coefficient (Wildman–Crippen LogP) is 3.88. The molecule has 2 aliphatic rings. The van der Waals surface area contributed by atoms with Gasteiger partial charge in [0.2, 0.25) is 0 Å². The highest BCUT2D eigenvalue weighted by Gasteiger charge is 2.39. The van der Waals surface area contributed by atoms with Gasteiger partial charge in [-0.05, 0) is 18.4 Å². The Morgan fingerprint density at radius 2 is 2.28 bits per heavy atom. The molecular weight excluding hydrogens is 417 g/mol. The minimum absolute atomic E-state index is 0.0805. The number of benzene rings is 1. The highest BCUT2D eigenvalue weighted by atomic mass is 35.5. The van der Waals surface area contributed by atoms with Crippen LogP contribution in [0.4, 0.5) is 4.39 Å². The number of hydrogen-bond donors (Lipinski definition) is 1. The van der Waals surface area contributed by atoms with Crippen LogP contribution in [0.1, 0.15) is 30.0 Å². The van der Waals surface area contributed by atoms with Gasteiger partial charge in [0.05, 0.1) is 36.1 Å². The number of nitrogens with zero attached hydrogens (tertiary/aromatic N) is 2. The summed E-state index contributed by atoms with van der Waals surface area (Å²) in [5, 5.41) is 5.63. The Kier molecular flexibility index (Phi) is 5.67. The summed E-state index contributed by atoms with van der Waals surface area (Å²) in [6.45, 7) is 2.66. The van der Waals surface area contributed by atoms with Crippen LogP contribution < -0.4 is 5.32 Å². The zero-order valence-electron chi connectivity index (χ0n) is 15.8. The van der Waals surface area contributed by atoms with E-state index >= 15 is 0 Å². The summed E-state index contributed by atoms with van der Waals surface area (Å²) in [7, 11) is 1.30. The Balaban J connectivity index is 1.90. The van der Waals surface area contributed by atoms with E-state index in [0.29, 0.717) is 34.6 Å². The Labute approximate surface area is 176 Å². The van der Waals surface area contributed by atoms with Crippen molar-refractivity contribution in [1.29, 1.82) is 0 Å². The van der Waals surface area contributed by atoms with E-state index in [9.17, 15) is 9.18 Å². The molecule has 29 heavy (non-hydrogen) atoms. The predicted molar refractivity (Wildman–Crippen MR) is 109 cm³/mol. The van der Waals surface area contributed by atoms with E-state index in [1.54, 1.807) is 18.3 Å². The summed E-state index contributed by atoms with van der Waals surface area (Å²) in [4.78, 5) is 21.8. The molecule has 1 fully saturated rings. The van der Waals surface area contributed by atoms with E-state index < -0.39 is 17.8 Å². The molecule has 9 heteroatoms. The fourth-order valence-corrected chi connectivity index (χ4v) is 4.36. The molecule has 0 spiro atoms. The van der Waals surface area contributed by atoms with Crippen molar-refractivity contribution in [3.63, 3.8) is 0 Å². The van der Waals surface area contributed by atoms with Crippen molar-refractivity contribution in [3.05, 3.63) is 62.5 Å². The average Bonchev–Trinajstić information content (AvgIpc) is 3.40. The number of ether oxygens (including phenoxy) is 2. The number of carbonyl (C=O) groups excluding carboxylic acids is 1. The molecule has 1 unspecified atom stereocenters. The molecule has 3 atom stereocenters. The SMILES string of the molecule is COC(=O)C1=C([C@@H]2C[C@H](C)CO2)NC(c2nccs2)=NC1c1cccc(F)c1Cl. The molecule has 1 aromatic heterocycles. The minimum atomic E-state index is -0.847. The number of carbonyl (C=O) groups is 1. The van der Waals surface area contributed by atoms with Gasteiger partial charge in [-0.25, -0.2) is 14.2 Å². The second kappa shape index (κ2) is 8.22. The fraction of sp³-hybridized carbons (Fsp3) is 0.350. The van der Waals surface area contributed by atoms with Gasteiger partial charge in [-0.2, -0.15) is 0 Å². The second-order valence-electron chi connectivity index (χ2n) is 6.97. The summed E-state index contributed by atoms with van der Waals surface area (Å²) in [6, 6.07) is 3.62. The maximum atomic E-state index is 14.2. The van der Waals surface area contributed by atoms with Crippen LogP contribution in [-0.2, 0) is 14.3 Å². The largest absolute Gasteiger partial charge is 0.466 e. The molecule has 0 bridgehead atoms. The molecule has 152 valence electrons. The van der Waals surface area contributed by atoms with Gasteiger partial charge in [-0.15, -0.1) is 11.3 Å². The molecule has 2 aromatic rings. The Morgan fingerprint density at radius 1 is 1.45 bits per heavy atom. The third-order valence-electron chi connectivity index (χ3n) is 4.91. The van der Waals surface area contributed by atoms with Crippen molar-refractivity contribution in [2.75, 3.05) is 13.7 Å². The first-order valence-corrected chi connectivity index (χ1v) is 10.4. The first-order chi connectivity index (χ1) is 14.0. The number of rotatable bonds is 4. The van der Waals surface area contributed by atoms with Crippen LogP contribution in [0.15, 0.2) is 46.0 Å². The number of esters is 1. The number of methoxy groups -OCH3 is 1. The number of nitrogens with one attached hydrogen (secondary N) is 1. The summed E-state index contributed by atoms with van der Waals surface area (Å²) >= 11 is 7.66. The first kappa shape index (κ1) is 20.0. The van der Waals surface area contributed by atoms with Crippen molar-refractivity contribution in [2.24, 2.45) is 10.9 Å². The normalized spacial score (nSPS) is 24.3. The molecule has 1 saturated heterocycles. The summed E-state index contributed by atoms with van der Waals surface area (Å²) < 4.78 is 25.2. The van der Waals surface area contributed by atoms with Gasteiger partial charge in [0.15, 0.2) is 10.8 Å². The molecule has 1 aromatic carbocycles. The quantitative estimate of drug-likeness (QED) is 0.738. The number of amidine groups is 1. The number of thiazole rings is 1. The standard InChI is InChI=1S/C20H19ClFN3O3S/c1-10-8-13(28-9-10)17-14(20(26)27-2)16(11-4-3-5-12(22)15(11)21)24-18(25-17)19-23-6-7-29-19/h3-7,10,13,16H,8-9H2,1-2H3,(H,24,25)/t10-,13-,16?/m0/s1. The van der Waals surface area contributed by atoms with E-state index in [0.717, 1.165) is 6.42 Å². The van der Waals surface area contributed by atoms with Crippen molar-refractivity contribution in [3.8, 4) is 0 Å². The van der Waals surface area contributed by atoms with Crippen molar-refractivity contribution >= 4 is 34.7 Å². The van der Waals surface area contributed by atoms with Gasteiger partial charge >= 0.3 is 5.97 Å². The van der Waals surface area contributed by atoms with E-state index in [1.807, 2.05) is 5.38 Å². The van der Waals surface area contributed by atoms with E-state index in [1.165, 1.54) is 24.5 Å². The third-order valence-corrected chi connectivity index (χ3v) is 6.09. The monoisotopic (exact) mass is 435 g/mol. The molecule has 3 heterocycles. The fourth-order valence-electron chi connectivity index (χ4n) is 3.54. The lowest BCUT2D eigenvalue weighted by Crippen LogP contribution is -2.38. The Bertz CT molecular complexity index is 993. The van der Waals surface area contributed by atoms with Crippen LogP contribution in [0.25, 0.3) is 0 Å². The zero-order valence-corrected chi connectivity index (χ0v) is 17.4. The summed E-state index contributed by atoms with van der Waals surface area (Å²) in [5.41, 5.74) is 1.21. The van der Waals surface area contributed by atoms with Crippen molar-refractivity contribution < 1.29 is 18.7 Å². The zero-order chi connectivity index (χ0) is 20.5. The van der Waals surface area contributed by atoms with Crippen molar-refractivity contribution in [2.45, 2.75) is 25.5 Å². The smallest absolute Gasteiger partial charge is 0.338 e. The van der Waals surface area contributed by atoms with Gasteiger partial charge in [-0.3, -0.25) is 4.99 Å². The molecule has 2 aliphatic heterocycles. The van der Waals surface area contributed by atoms with Gasteiger partial charge in [0.25, 0.3) is 0 Å². The second-order valence-corrected chi connectivity index (χ2v) is 8.24. The molecule has 0 amide bonds. The van der Waals surface area contributed by atoms with Crippen LogP contribution in [0, 0.1) is 11.7 Å². The average molecular weight is 436 g/mol. The molecule has 6 nitrogen and oxygen atoms in total. The maximum Gasteiger partial charge on any atom is 0.338 e. The molecule has 0 aliphatic carbocycles. The van der Waals surface area contributed by atoms with Gasteiger partial charge in [0.1, 0.15) is 11.9 Å². The van der Waals surface area contributed by atoms with Gasteiger partial charge in [0, 0.05) is 17.1 Å². The van der Waals surface area contributed by atoms with E-state index in [4.69, 9.17) is 21.1 Å². The van der Waals surface area contributed by atoms with Crippen LogP contribution in [0.2, 0.25) is 5.02 Å². The van der Waals surface area contributed by atoms with Gasteiger partial charge in [-0.1, -0.05) is 30.7 Å². The lowest BCUT2D eigenvalue weighted by atomic mass is 9.92. The molecule has 4 rings (SSSR count). The Hall–Kier alpha value is -2.29. The Morgan fingerprint density at radius 3 is 2.93 bits per heavy atom. The van der Waals surface area contributed by atoms with Crippen molar-refractivity contribution in [1.82, 2.24) is 10.3 Å². The first-order valence-electron chi connectivity index (χ1n) is 9.12. The van der Waals surface area contributed by atoms with Crippen LogP contribution in [-0.4, -0.2) is 36.6 Å². The summed E-state index contributed by atoms with van der Waals surface area (Å²) in [5.74, 6) is -0.323. The highest BCUT2D eigenvalue weighted by Crippen LogP contribution is 2.39. The molecule has 1 N–H and O–H groups in total. The number of aromatic nitrogens is 1. The minimum Gasteiger partial charge on any atom is -0.466 e. The third kappa shape index (κ3) is 3.80. The van der Waals surface area contributed by atoms with Crippen LogP contribution >= 0.6 is 22.9 Å². The summed E-state index contributed by atoms with van der Waals surface area (Å²) in [6.07, 6.45) is 2.07. The topological polar surface area (TPSA) is 72.8 Å². The number of aliphatic imine (C=N–C) groups is 1. The lowest BCUT2D eigenvalue weighted by molar-refractivity contribution is -0.136. The van der Waals surface area contributed by atoms with E-state index in [-0.39, 0.29) is 16.7 Å².